The van der Waals surface area contributed by atoms with Crippen LogP contribution in [-0.4, -0.2) is 19.1 Å². The van der Waals surface area contributed by atoms with E-state index in [-0.39, 0.29) is 5.91 Å². The van der Waals surface area contributed by atoms with Crippen LogP contribution >= 0.6 is 11.6 Å². The van der Waals surface area contributed by atoms with E-state index in [0.717, 1.165) is 41.2 Å². The molecule has 2 aliphatic rings. The molecule has 0 atom stereocenters. The van der Waals surface area contributed by atoms with Crippen LogP contribution in [0.1, 0.15) is 24.0 Å². The second-order valence-electron chi connectivity index (χ2n) is 6.31. The number of hydrogen-bond acceptors (Lipinski definition) is 3. The van der Waals surface area contributed by atoms with Crippen molar-refractivity contribution < 1.29 is 14.3 Å². The molecule has 4 rings (SSSR count). The van der Waals surface area contributed by atoms with Gasteiger partial charge >= 0.3 is 0 Å². The van der Waals surface area contributed by atoms with Gasteiger partial charge in [0.1, 0.15) is 13.2 Å². The number of carbonyl (C=O) groups is 1. The van der Waals surface area contributed by atoms with Crippen molar-refractivity contribution in [2.45, 2.75) is 25.2 Å². The zero-order chi connectivity index (χ0) is 16.7. The third-order valence-electron chi connectivity index (χ3n) is 4.80. The summed E-state index contributed by atoms with van der Waals surface area (Å²) in [5, 5.41) is 3.69. The van der Waals surface area contributed by atoms with E-state index in [1.165, 1.54) is 0 Å². The van der Waals surface area contributed by atoms with Crippen LogP contribution in [0.15, 0.2) is 36.4 Å². The number of benzene rings is 2. The van der Waals surface area contributed by atoms with Crippen molar-refractivity contribution in [1.29, 1.82) is 0 Å². The number of carbonyl (C=O) groups excluding carboxylic acids is 1. The predicted molar refractivity (Wildman–Crippen MR) is 93.2 cm³/mol. The van der Waals surface area contributed by atoms with E-state index in [2.05, 4.69) is 5.32 Å². The van der Waals surface area contributed by atoms with Gasteiger partial charge in [0.2, 0.25) is 5.91 Å². The van der Waals surface area contributed by atoms with Gasteiger partial charge in [0, 0.05) is 10.7 Å². The second-order valence-corrected chi connectivity index (χ2v) is 6.71. The number of anilines is 1. The quantitative estimate of drug-likeness (QED) is 0.913. The summed E-state index contributed by atoms with van der Waals surface area (Å²) in [6.07, 6.45) is 1.66. The molecule has 1 amide bonds. The molecule has 1 aliphatic heterocycles. The largest absolute Gasteiger partial charge is 0.486 e. The Bertz CT molecular complexity index is 814. The summed E-state index contributed by atoms with van der Waals surface area (Å²) in [5.41, 5.74) is 2.13. The van der Waals surface area contributed by atoms with Crippen molar-refractivity contribution in [2.24, 2.45) is 0 Å². The topological polar surface area (TPSA) is 47.6 Å². The highest BCUT2D eigenvalue weighted by molar-refractivity contribution is 6.31. The Balaban J connectivity index is 1.61. The van der Waals surface area contributed by atoms with Gasteiger partial charge in [-0.25, -0.2) is 0 Å². The fourth-order valence-corrected chi connectivity index (χ4v) is 3.27. The first-order valence-corrected chi connectivity index (χ1v) is 8.45. The van der Waals surface area contributed by atoms with Gasteiger partial charge in [-0.05, 0) is 55.2 Å². The van der Waals surface area contributed by atoms with Crippen LogP contribution in [0, 0.1) is 6.92 Å². The van der Waals surface area contributed by atoms with Gasteiger partial charge in [0.15, 0.2) is 11.5 Å². The zero-order valence-electron chi connectivity index (χ0n) is 13.4. The minimum absolute atomic E-state index is 0.00421. The van der Waals surface area contributed by atoms with Crippen molar-refractivity contribution in [3.8, 4) is 11.5 Å². The van der Waals surface area contributed by atoms with E-state index in [1.807, 2.05) is 43.3 Å². The molecule has 5 heteroatoms. The lowest BCUT2D eigenvalue weighted by atomic mass is 9.94. The fourth-order valence-electron chi connectivity index (χ4n) is 3.10. The molecule has 1 aliphatic carbocycles. The maximum Gasteiger partial charge on any atom is 0.235 e. The lowest BCUT2D eigenvalue weighted by Crippen LogP contribution is -2.28. The molecule has 1 N–H and O–H groups in total. The molecule has 0 unspecified atom stereocenters. The van der Waals surface area contributed by atoms with Gasteiger partial charge in [-0.2, -0.15) is 0 Å². The molecular formula is C19H18ClNO3. The SMILES string of the molecule is Cc1c(Cl)cccc1NC(=O)C1(c2ccc3c(c2)OCCO3)CC1. The average Bonchev–Trinajstić information content (AvgIpc) is 3.40. The molecule has 0 bridgehead atoms. The third-order valence-corrected chi connectivity index (χ3v) is 5.20. The Morgan fingerprint density at radius 2 is 1.88 bits per heavy atom. The van der Waals surface area contributed by atoms with Crippen LogP contribution in [0.2, 0.25) is 5.02 Å². The number of halogens is 1. The Morgan fingerprint density at radius 3 is 2.62 bits per heavy atom. The van der Waals surface area contributed by atoms with Crippen LogP contribution in [-0.2, 0) is 10.2 Å². The summed E-state index contributed by atoms with van der Waals surface area (Å²) < 4.78 is 11.2. The summed E-state index contributed by atoms with van der Waals surface area (Å²) in [6, 6.07) is 11.3. The van der Waals surface area contributed by atoms with Crippen LogP contribution < -0.4 is 14.8 Å². The van der Waals surface area contributed by atoms with Crippen LogP contribution in [0.25, 0.3) is 0 Å². The molecular weight excluding hydrogens is 326 g/mol. The number of fused-ring (bicyclic) bond motifs is 1. The molecule has 1 heterocycles. The molecule has 1 fully saturated rings. The molecule has 2 aromatic carbocycles. The molecule has 0 spiro atoms. The minimum atomic E-state index is -0.482. The Kier molecular flexibility index (Phi) is 3.65. The van der Waals surface area contributed by atoms with Crippen molar-refractivity contribution >= 4 is 23.2 Å². The van der Waals surface area contributed by atoms with E-state index in [1.54, 1.807) is 0 Å². The zero-order valence-corrected chi connectivity index (χ0v) is 14.2. The fraction of sp³-hybridized carbons (Fsp3) is 0.316. The monoisotopic (exact) mass is 343 g/mol. The molecule has 24 heavy (non-hydrogen) atoms. The van der Waals surface area contributed by atoms with Crippen molar-refractivity contribution in [2.75, 3.05) is 18.5 Å². The first-order chi connectivity index (χ1) is 11.6. The van der Waals surface area contributed by atoms with E-state index in [0.29, 0.717) is 18.2 Å². The van der Waals surface area contributed by atoms with Crippen molar-refractivity contribution in [1.82, 2.24) is 0 Å². The highest BCUT2D eigenvalue weighted by atomic mass is 35.5. The van der Waals surface area contributed by atoms with Crippen molar-refractivity contribution in [3.05, 3.63) is 52.5 Å². The standard InChI is InChI=1S/C19H18ClNO3/c1-12-14(20)3-2-4-15(12)21-18(22)19(7-8-19)13-5-6-16-17(11-13)24-10-9-23-16/h2-6,11H,7-10H2,1H3,(H,21,22). The summed E-state index contributed by atoms with van der Waals surface area (Å²) in [6.45, 7) is 3.00. The third kappa shape index (κ3) is 2.51. The van der Waals surface area contributed by atoms with Crippen LogP contribution in [0.4, 0.5) is 5.69 Å². The summed E-state index contributed by atoms with van der Waals surface area (Å²) in [5.74, 6) is 1.47. The number of rotatable bonds is 3. The van der Waals surface area contributed by atoms with Gasteiger partial charge in [0.25, 0.3) is 0 Å². The lowest BCUT2D eigenvalue weighted by molar-refractivity contribution is -0.118. The Morgan fingerprint density at radius 1 is 1.12 bits per heavy atom. The van der Waals surface area contributed by atoms with Gasteiger partial charge in [-0.1, -0.05) is 23.7 Å². The maximum atomic E-state index is 12.9. The summed E-state index contributed by atoms with van der Waals surface area (Å²) in [4.78, 5) is 12.9. The van der Waals surface area contributed by atoms with E-state index < -0.39 is 5.41 Å². The van der Waals surface area contributed by atoms with Gasteiger partial charge < -0.3 is 14.8 Å². The van der Waals surface area contributed by atoms with Gasteiger partial charge in [-0.15, -0.1) is 0 Å². The number of hydrogen-bond donors (Lipinski definition) is 1. The molecule has 124 valence electrons. The number of ether oxygens (including phenoxy) is 2. The summed E-state index contributed by atoms with van der Waals surface area (Å²) >= 11 is 6.14. The molecule has 2 aromatic rings. The normalized spacial score (nSPS) is 17.2. The molecule has 1 saturated carbocycles. The first-order valence-electron chi connectivity index (χ1n) is 8.07. The molecule has 0 saturated heterocycles. The van der Waals surface area contributed by atoms with Crippen LogP contribution in [0.3, 0.4) is 0 Å². The predicted octanol–water partition coefficient (Wildman–Crippen LogP) is 4.09. The number of nitrogens with one attached hydrogen (secondary N) is 1. The van der Waals surface area contributed by atoms with E-state index in [4.69, 9.17) is 21.1 Å². The molecule has 0 aromatic heterocycles. The molecule has 0 radical (unpaired) electrons. The molecule has 4 nitrogen and oxygen atoms in total. The highest BCUT2D eigenvalue weighted by Gasteiger charge is 2.51. The minimum Gasteiger partial charge on any atom is -0.486 e. The highest BCUT2D eigenvalue weighted by Crippen LogP contribution is 2.51. The maximum absolute atomic E-state index is 12.9. The van der Waals surface area contributed by atoms with Crippen molar-refractivity contribution in [3.63, 3.8) is 0 Å². The van der Waals surface area contributed by atoms with E-state index >= 15 is 0 Å². The van der Waals surface area contributed by atoms with Gasteiger partial charge in [-0.3, -0.25) is 4.79 Å². The summed E-state index contributed by atoms with van der Waals surface area (Å²) in [7, 11) is 0. The second kappa shape index (κ2) is 5.71. The lowest BCUT2D eigenvalue weighted by Gasteiger charge is -2.22. The Labute approximate surface area is 145 Å². The first kappa shape index (κ1) is 15.3. The smallest absolute Gasteiger partial charge is 0.235 e. The van der Waals surface area contributed by atoms with Crippen LogP contribution in [0.5, 0.6) is 11.5 Å². The van der Waals surface area contributed by atoms with Gasteiger partial charge in [0.05, 0.1) is 5.41 Å². The number of amides is 1. The van der Waals surface area contributed by atoms with E-state index in [9.17, 15) is 4.79 Å². The Hall–Kier alpha value is -2.20. The average molecular weight is 344 g/mol.